The predicted octanol–water partition coefficient (Wildman–Crippen LogP) is 4.65. The summed E-state index contributed by atoms with van der Waals surface area (Å²) in [6, 6.07) is 4.44. The van der Waals surface area contributed by atoms with E-state index >= 15 is 0 Å². The first-order chi connectivity index (χ1) is 15.3. The van der Waals surface area contributed by atoms with Crippen LogP contribution in [0.1, 0.15) is 11.4 Å². The van der Waals surface area contributed by atoms with Gasteiger partial charge in [-0.1, -0.05) is 34.8 Å². The number of alkyl halides is 3. The Bertz CT molecular complexity index is 1290. The van der Waals surface area contributed by atoms with Crippen LogP contribution in [0.15, 0.2) is 33.7 Å². The second-order valence-corrected chi connectivity index (χ2v) is 8.67. The summed E-state index contributed by atoms with van der Waals surface area (Å²) in [6.07, 6.45) is -3.47. The number of aromatic nitrogens is 4. The Hall–Kier alpha value is -2.28. The molecule has 8 nitrogen and oxygen atoms in total. The van der Waals surface area contributed by atoms with E-state index in [1.165, 1.54) is 38.4 Å². The van der Waals surface area contributed by atoms with Crippen molar-refractivity contribution >= 4 is 62.3 Å². The molecule has 33 heavy (non-hydrogen) atoms. The van der Waals surface area contributed by atoms with Crippen molar-refractivity contribution in [1.82, 2.24) is 25.0 Å². The molecule has 0 atom stereocenters. The SMILES string of the molecule is Cc1c(Br)c(C(F)(F)F)nn1CC(=O)NN(C)c1cnn(-c2ccc(Cl)cc2Cl)c(=O)c1Cl. The zero-order valence-electron chi connectivity index (χ0n) is 16.7. The fraction of sp³-hybridized carbons (Fsp3) is 0.222. The highest BCUT2D eigenvalue weighted by molar-refractivity contribution is 9.10. The number of nitrogens with one attached hydrogen (secondary N) is 1. The van der Waals surface area contributed by atoms with Crippen molar-refractivity contribution in [3.63, 3.8) is 0 Å². The number of carbonyl (C=O) groups excluding carboxylic acids is 1. The smallest absolute Gasteiger partial charge is 0.285 e. The largest absolute Gasteiger partial charge is 0.436 e. The Kier molecular flexibility index (Phi) is 7.32. The van der Waals surface area contributed by atoms with Crippen LogP contribution < -0.4 is 16.0 Å². The Balaban J connectivity index is 1.81. The van der Waals surface area contributed by atoms with E-state index in [1.807, 2.05) is 0 Å². The molecule has 176 valence electrons. The molecule has 0 spiro atoms. The van der Waals surface area contributed by atoms with E-state index in [1.54, 1.807) is 0 Å². The van der Waals surface area contributed by atoms with Gasteiger partial charge in [0.1, 0.15) is 17.3 Å². The van der Waals surface area contributed by atoms with E-state index in [4.69, 9.17) is 34.8 Å². The summed E-state index contributed by atoms with van der Waals surface area (Å²) in [6.45, 7) is 0.860. The van der Waals surface area contributed by atoms with Crippen molar-refractivity contribution in [2.24, 2.45) is 0 Å². The Morgan fingerprint density at radius 2 is 1.94 bits per heavy atom. The van der Waals surface area contributed by atoms with E-state index in [2.05, 4.69) is 31.6 Å². The minimum Gasteiger partial charge on any atom is -0.285 e. The van der Waals surface area contributed by atoms with Crippen molar-refractivity contribution < 1.29 is 18.0 Å². The molecule has 0 radical (unpaired) electrons. The number of hydrazine groups is 1. The number of nitrogens with zero attached hydrogens (tertiary/aromatic N) is 5. The lowest BCUT2D eigenvalue weighted by molar-refractivity contribution is -0.142. The van der Waals surface area contributed by atoms with Gasteiger partial charge in [0.15, 0.2) is 5.69 Å². The van der Waals surface area contributed by atoms with Crippen LogP contribution >= 0.6 is 50.7 Å². The van der Waals surface area contributed by atoms with Gasteiger partial charge in [0.2, 0.25) is 0 Å². The number of hydrogen-bond acceptors (Lipinski definition) is 5. The van der Waals surface area contributed by atoms with Crippen LogP contribution in [0.25, 0.3) is 5.69 Å². The highest BCUT2D eigenvalue weighted by Crippen LogP contribution is 2.35. The molecule has 3 aromatic rings. The number of anilines is 1. The first-order valence-corrected chi connectivity index (χ1v) is 10.8. The van der Waals surface area contributed by atoms with Crippen molar-refractivity contribution in [3.05, 3.63) is 65.7 Å². The highest BCUT2D eigenvalue weighted by Gasteiger charge is 2.38. The van der Waals surface area contributed by atoms with Crippen LogP contribution in [0.5, 0.6) is 0 Å². The number of hydrogen-bond donors (Lipinski definition) is 1. The van der Waals surface area contributed by atoms with E-state index in [9.17, 15) is 22.8 Å². The Morgan fingerprint density at radius 1 is 1.27 bits per heavy atom. The molecule has 0 unspecified atom stereocenters. The number of halogens is 7. The monoisotopic (exact) mass is 586 g/mol. The van der Waals surface area contributed by atoms with Gasteiger partial charge in [-0.15, -0.1) is 0 Å². The first kappa shape index (κ1) is 25.3. The molecule has 0 aliphatic carbocycles. The second-order valence-electron chi connectivity index (χ2n) is 6.65. The lowest BCUT2D eigenvalue weighted by Crippen LogP contribution is -2.42. The molecule has 0 fully saturated rings. The van der Waals surface area contributed by atoms with Crippen LogP contribution in [0.2, 0.25) is 15.1 Å². The molecular formula is C18H13BrCl3F3N6O2. The molecule has 1 aromatic carbocycles. The van der Waals surface area contributed by atoms with Gasteiger partial charge in [-0.25, -0.2) is 0 Å². The summed E-state index contributed by atoms with van der Waals surface area (Å²) in [5, 5.41) is 8.83. The molecule has 1 amide bonds. The molecule has 3 rings (SSSR count). The molecule has 1 N–H and O–H groups in total. The van der Waals surface area contributed by atoms with E-state index in [-0.39, 0.29) is 31.6 Å². The summed E-state index contributed by atoms with van der Waals surface area (Å²) in [7, 11) is 1.38. The normalized spacial score (nSPS) is 11.5. The number of amides is 1. The maximum absolute atomic E-state index is 13.0. The van der Waals surface area contributed by atoms with Crippen molar-refractivity contribution in [2.45, 2.75) is 19.6 Å². The van der Waals surface area contributed by atoms with Gasteiger partial charge in [-0.2, -0.15) is 28.1 Å². The van der Waals surface area contributed by atoms with Crippen LogP contribution in [0.4, 0.5) is 18.9 Å². The third-order valence-electron chi connectivity index (χ3n) is 4.39. The molecule has 0 bridgehead atoms. The molecule has 2 aromatic heterocycles. The molecular weight excluding hydrogens is 575 g/mol. The standard InChI is InChI=1S/C18H13BrCl3F3N6O2/c1-8-14(19)16(18(23,24)25)28-30(8)7-13(32)27-29(2)12-6-26-31(17(33)15(12)22)11-4-3-9(20)5-10(11)21/h3-6H,7H2,1-2H3,(H,27,32). The molecule has 0 saturated carbocycles. The molecule has 0 saturated heterocycles. The van der Waals surface area contributed by atoms with Crippen molar-refractivity contribution in [3.8, 4) is 5.69 Å². The summed E-state index contributed by atoms with van der Waals surface area (Å²) >= 11 is 21.0. The Morgan fingerprint density at radius 3 is 2.52 bits per heavy atom. The molecule has 0 aliphatic heterocycles. The third kappa shape index (κ3) is 5.29. The highest BCUT2D eigenvalue weighted by atomic mass is 79.9. The lowest BCUT2D eigenvalue weighted by Gasteiger charge is -2.21. The van der Waals surface area contributed by atoms with Gasteiger partial charge in [-0.3, -0.25) is 24.7 Å². The van der Waals surface area contributed by atoms with Crippen molar-refractivity contribution in [2.75, 3.05) is 12.1 Å². The van der Waals surface area contributed by atoms with E-state index in [0.29, 0.717) is 5.02 Å². The fourth-order valence-electron chi connectivity index (χ4n) is 2.76. The quantitative estimate of drug-likeness (QED) is 0.439. The fourth-order valence-corrected chi connectivity index (χ4v) is 4.01. The number of carbonyl (C=O) groups is 1. The van der Waals surface area contributed by atoms with Crippen LogP contribution in [0.3, 0.4) is 0 Å². The van der Waals surface area contributed by atoms with Crippen LogP contribution in [-0.4, -0.2) is 32.5 Å². The minimum absolute atomic E-state index is 0.0469. The number of rotatable bonds is 5. The molecule has 0 aliphatic rings. The maximum Gasteiger partial charge on any atom is 0.436 e. The minimum atomic E-state index is -4.68. The zero-order chi connectivity index (χ0) is 24.7. The number of benzene rings is 1. The van der Waals surface area contributed by atoms with Crippen molar-refractivity contribution in [1.29, 1.82) is 0 Å². The first-order valence-electron chi connectivity index (χ1n) is 8.87. The maximum atomic E-state index is 13.0. The van der Waals surface area contributed by atoms with Gasteiger partial charge in [-0.05, 0) is 41.1 Å². The lowest BCUT2D eigenvalue weighted by atomic mass is 10.3. The summed E-state index contributed by atoms with van der Waals surface area (Å²) in [5.41, 5.74) is 0.947. The van der Waals surface area contributed by atoms with Gasteiger partial charge in [0.25, 0.3) is 11.5 Å². The van der Waals surface area contributed by atoms with Crippen LogP contribution in [0, 0.1) is 6.92 Å². The van der Waals surface area contributed by atoms with E-state index < -0.39 is 29.9 Å². The second kappa shape index (κ2) is 9.53. The molecule has 15 heteroatoms. The Labute approximate surface area is 207 Å². The van der Waals surface area contributed by atoms with Gasteiger partial charge in [0, 0.05) is 12.1 Å². The zero-order valence-corrected chi connectivity index (χ0v) is 20.6. The average Bonchev–Trinajstić information content (AvgIpc) is 2.99. The van der Waals surface area contributed by atoms with E-state index in [0.717, 1.165) is 14.4 Å². The summed E-state index contributed by atoms with van der Waals surface area (Å²) in [5.74, 6) is -0.717. The van der Waals surface area contributed by atoms with Gasteiger partial charge in [0.05, 0.1) is 27.1 Å². The summed E-state index contributed by atoms with van der Waals surface area (Å²) in [4.78, 5) is 25.1. The topological polar surface area (TPSA) is 85.1 Å². The predicted molar refractivity (Wildman–Crippen MR) is 121 cm³/mol. The van der Waals surface area contributed by atoms with Gasteiger partial charge < -0.3 is 0 Å². The molecule has 2 heterocycles. The van der Waals surface area contributed by atoms with Gasteiger partial charge >= 0.3 is 6.18 Å². The third-order valence-corrected chi connectivity index (χ3v) is 6.23. The summed E-state index contributed by atoms with van der Waals surface area (Å²) < 4.78 is 40.6. The average molecular weight is 589 g/mol. The van der Waals surface area contributed by atoms with Crippen LogP contribution in [-0.2, 0) is 17.5 Å².